The van der Waals surface area contributed by atoms with Gasteiger partial charge in [-0.3, -0.25) is 5.32 Å². The van der Waals surface area contributed by atoms with E-state index in [1.54, 1.807) is 6.92 Å². The summed E-state index contributed by atoms with van der Waals surface area (Å²) < 4.78 is 4.87. The molecule has 1 rings (SSSR count). The predicted octanol–water partition coefficient (Wildman–Crippen LogP) is 2.42. The summed E-state index contributed by atoms with van der Waals surface area (Å²) in [7, 11) is 1.38. The molecule has 0 saturated carbocycles. The van der Waals surface area contributed by atoms with Crippen LogP contribution in [-0.2, 0) is 15.1 Å². The highest BCUT2D eigenvalue weighted by Gasteiger charge is 2.35. The molecule has 0 saturated heterocycles. The first-order valence-electron chi connectivity index (χ1n) is 6.33. The molecule has 1 aromatic rings. The van der Waals surface area contributed by atoms with Crippen molar-refractivity contribution < 1.29 is 9.53 Å². The number of ether oxygens (including phenoxy) is 1. The monoisotopic (exact) mass is 259 g/mol. The molecule has 0 spiro atoms. The topological polar surface area (TPSA) is 38.3 Å². The van der Waals surface area contributed by atoms with E-state index in [4.69, 9.17) is 11.2 Å². The van der Waals surface area contributed by atoms with Gasteiger partial charge < -0.3 is 4.74 Å². The number of hydrogen-bond donors (Lipinski definition) is 1. The summed E-state index contributed by atoms with van der Waals surface area (Å²) in [5.74, 6) is 2.59. The summed E-state index contributed by atoms with van der Waals surface area (Å²) in [5, 5.41) is 3.05. The summed E-state index contributed by atoms with van der Waals surface area (Å²) in [5.41, 5.74) is 1.16. The summed E-state index contributed by atoms with van der Waals surface area (Å²) in [6, 6.07) is 7.93. The fraction of sp³-hybridized carbons (Fsp3) is 0.438. The highest BCUT2D eigenvalue weighted by Crippen LogP contribution is 2.24. The Kier molecular flexibility index (Phi) is 5.14. The Morgan fingerprint density at radius 2 is 2.00 bits per heavy atom. The number of carbonyl (C=O) groups excluding carboxylic acids is 1. The Bertz CT molecular complexity index is 471. The van der Waals surface area contributed by atoms with Gasteiger partial charge in [-0.1, -0.05) is 44.0 Å². The second-order valence-corrected chi connectivity index (χ2v) is 4.95. The summed E-state index contributed by atoms with van der Waals surface area (Å²) in [4.78, 5) is 12.0. The van der Waals surface area contributed by atoms with E-state index < -0.39 is 5.54 Å². The van der Waals surface area contributed by atoms with Crippen molar-refractivity contribution in [1.29, 1.82) is 0 Å². The Morgan fingerprint density at radius 3 is 2.42 bits per heavy atom. The third-order valence-electron chi connectivity index (χ3n) is 3.29. The van der Waals surface area contributed by atoms with Crippen molar-refractivity contribution in [2.45, 2.75) is 32.2 Å². The lowest BCUT2D eigenvalue weighted by Gasteiger charge is -2.28. The van der Waals surface area contributed by atoms with E-state index in [-0.39, 0.29) is 5.97 Å². The van der Waals surface area contributed by atoms with Crippen molar-refractivity contribution in [2.75, 3.05) is 13.7 Å². The second-order valence-electron chi connectivity index (χ2n) is 4.95. The molecular formula is C16H21NO2. The SMILES string of the molecule is C#CCNC(C)(C(=O)OC)c1ccc(C(C)C)cc1. The number of esters is 1. The molecule has 0 aromatic heterocycles. The highest BCUT2D eigenvalue weighted by atomic mass is 16.5. The first-order chi connectivity index (χ1) is 8.95. The molecule has 0 aliphatic heterocycles. The van der Waals surface area contributed by atoms with Gasteiger partial charge in [-0.2, -0.15) is 0 Å². The van der Waals surface area contributed by atoms with Crippen LogP contribution in [0.25, 0.3) is 0 Å². The van der Waals surface area contributed by atoms with Gasteiger partial charge >= 0.3 is 5.97 Å². The standard InChI is InChI=1S/C16H21NO2/c1-6-11-17-16(4,15(18)19-5)14-9-7-13(8-10-14)12(2)3/h1,7-10,12,17H,11H2,2-5H3. The summed E-state index contributed by atoms with van der Waals surface area (Å²) in [6.45, 7) is 6.34. The van der Waals surface area contributed by atoms with E-state index in [1.807, 2.05) is 24.3 Å². The molecule has 0 radical (unpaired) electrons. The largest absolute Gasteiger partial charge is 0.467 e. The van der Waals surface area contributed by atoms with Crippen molar-refractivity contribution in [2.24, 2.45) is 0 Å². The summed E-state index contributed by atoms with van der Waals surface area (Å²) >= 11 is 0. The van der Waals surface area contributed by atoms with Gasteiger partial charge in [-0.05, 0) is 24.0 Å². The first-order valence-corrected chi connectivity index (χ1v) is 6.33. The lowest BCUT2D eigenvalue weighted by Crippen LogP contribution is -2.47. The molecule has 0 heterocycles. The zero-order valence-corrected chi connectivity index (χ0v) is 12.0. The highest BCUT2D eigenvalue weighted by molar-refractivity contribution is 5.82. The number of terminal acetylenes is 1. The molecule has 102 valence electrons. The average molecular weight is 259 g/mol. The Labute approximate surface area is 115 Å². The Balaban J connectivity index is 3.11. The maximum atomic E-state index is 12.0. The number of nitrogens with one attached hydrogen (secondary N) is 1. The van der Waals surface area contributed by atoms with Crippen LogP contribution in [-0.4, -0.2) is 19.6 Å². The molecule has 0 bridgehead atoms. The average Bonchev–Trinajstić information content (AvgIpc) is 2.43. The smallest absolute Gasteiger partial charge is 0.330 e. The van der Waals surface area contributed by atoms with Crippen LogP contribution in [0.1, 0.15) is 37.8 Å². The van der Waals surface area contributed by atoms with E-state index in [2.05, 4.69) is 25.1 Å². The van der Waals surface area contributed by atoms with Crippen molar-refractivity contribution >= 4 is 5.97 Å². The van der Waals surface area contributed by atoms with Crippen molar-refractivity contribution in [1.82, 2.24) is 5.32 Å². The van der Waals surface area contributed by atoms with Crippen LogP contribution >= 0.6 is 0 Å². The minimum atomic E-state index is -0.920. The van der Waals surface area contributed by atoms with E-state index in [9.17, 15) is 4.79 Å². The third kappa shape index (κ3) is 3.36. The van der Waals surface area contributed by atoms with Gasteiger partial charge in [-0.25, -0.2) is 4.79 Å². The van der Waals surface area contributed by atoms with E-state index in [0.717, 1.165) is 5.56 Å². The molecule has 1 unspecified atom stereocenters. The van der Waals surface area contributed by atoms with Gasteiger partial charge in [0.1, 0.15) is 5.54 Å². The molecular weight excluding hydrogens is 238 g/mol. The third-order valence-corrected chi connectivity index (χ3v) is 3.29. The molecule has 1 atom stereocenters. The minimum Gasteiger partial charge on any atom is -0.467 e. The van der Waals surface area contributed by atoms with Crippen LogP contribution in [0.15, 0.2) is 24.3 Å². The van der Waals surface area contributed by atoms with Gasteiger partial charge in [0.15, 0.2) is 0 Å². The van der Waals surface area contributed by atoms with Crippen LogP contribution < -0.4 is 5.32 Å². The quantitative estimate of drug-likeness (QED) is 0.652. The van der Waals surface area contributed by atoms with Gasteiger partial charge in [0.2, 0.25) is 0 Å². The molecule has 0 aliphatic rings. The maximum absolute atomic E-state index is 12.0. The molecule has 3 nitrogen and oxygen atoms in total. The lowest BCUT2D eigenvalue weighted by molar-refractivity contribution is -0.148. The number of carbonyl (C=O) groups is 1. The number of benzene rings is 1. The van der Waals surface area contributed by atoms with Gasteiger partial charge in [0.25, 0.3) is 0 Å². The number of hydrogen-bond acceptors (Lipinski definition) is 3. The Morgan fingerprint density at radius 1 is 1.42 bits per heavy atom. The second kappa shape index (κ2) is 6.40. The van der Waals surface area contributed by atoms with Crippen molar-refractivity contribution in [3.05, 3.63) is 35.4 Å². The molecule has 1 N–H and O–H groups in total. The summed E-state index contributed by atoms with van der Waals surface area (Å²) in [6.07, 6.45) is 5.25. The maximum Gasteiger partial charge on any atom is 0.330 e. The van der Waals surface area contributed by atoms with E-state index in [0.29, 0.717) is 12.5 Å². The van der Waals surface area contributed by atoms with Crippen LogP contribution in [0.2, 0.25) is 0 Å². The molecule has 3 heteroatoms. The lowest BCUT2D eigenvalue weighted by atomic mass is 9.90. The van der Waals surface area contributed by atoms with E-state index in [1.165, 1.54) is 12.7 Å². The molecule has 0 amide bonds. The molecule has 1 aromatic carbocycles. The Hall–Kier alpha value is -1.79. The van der Waals surface area contributed by atoms with Crippen LogP contribution in [0.4, 0.5) is 0 Å². The van der Waals surface area contributed by atoms with Gasteiger partial charge in [-0.15, -0.1) is 6.42 Å². The first kappa shape index (κ1) is 15.3. The minimum absolute atomic E-state index is 0.303. The molecule has 0 aliphatic carbocycles. The zero-order chi connectivity index (χ0) is 14.5. The zero-order valence-electron chi connectivity index (χ0n) is 12.0. The van der Waals surface area contributed by atoms with Crippen molar-refractivity contribution in [3.63, 3.8) is 0 Å². The van der Waals surface area contributed by atoms with Gasteiger partial charge in [0, 0.05) is 0 Å². The molecule has 19 heavy (non-hydrogen) atoms. The van der Waals surface area contributed by atoms with Gasteiger partial charge in [0.05, 0.1) is 13.7 Å². The van der Waals surface area contributed by atoms with E-state index >= 15 is 0 Å². The fourth-order valence-electron chi connectivity index (χ4n) is 1.93. The normalized spacial score (nSPS) is 13.7. The van der Waals surface area contributed by atoms with Crippen LogP contribution in [0, 0.1) is 12.3 Å². The predicted molar refractivity (Wildman–Crippen MR) is 76.7 cm³/mol. The fourth-order valence-corrected chi connectivity index (χ4v) is 1.93. The van der Waals surface area contributed by atoms with Crippen molar-refractivity contribution in [3.8, 4) is 12.3 Å². The van der Waals surface area contributed by atoms with Crippen LogP contribution in [0.3, 0.4) is 0 Å². The number of methoxy groups -OCH3 is 1. The van der Waals surface area contributed by atoms with Crippen LogP contribution in [0.5, 0.6) is 0 Å². The number of rotatable bonds is 5. The molecule has 0 fully saturated rings.